The Hall–Kier alpha value is -3.61. The first kappa shape index (κ1) is 29.5. The number of benzene rings is 2. The number of esters is 1. The van der Waals surface area contributed by atoms with Crippen LogP contribution >= 0.6 is 7.75 Å². The van der Waals surface area contributed by atoms with Crippen molar-refractivity contribution in [1.82, 2.24) is 14.6 Å². The Bertz CT molecular complexity index is 1640. The highest BCUT2D eigenvalue weighted by Gasteiger charge is 2.56. The number of rotatable bonds is 13. The van der Waals surface area contributed by atoms with Crippen LogP contribution in [0.2, 0.25) is 0 Å². The summed E-state index contributed by atoms with van der Waals surface area (Å²) in [6, 6.07) is 14.6. The van der Waals surface area contributed by atoms with Gasteiger partial charge < -0.3 is 19.1 Å². The van der Waals surface area contributed by atoms with E-state index in [1.807, 2.05) is 18.8 Å². The number of aliphatic hydroxyl groups is 1. The van der Waals surface area contributed by atoms with E-state index in [9.17, 15) is 24.1 Å². The Labute approximate surface area is 250 Å². The molecule has 4 rings (SSSR count). The van der Waals surface area contributed by atoms with Crippen LogP contribution in [-0.4, -0.2) is 57.8 Å². The number of alkyl halides is 1. The van der Waals surface area contributed by atoms with Crippen molar-refractivity contribution >= 4 is 13.7 Å². The van der Waals surface area contributed by atoms with Gasteiger partial charge in [-0.05, 0) is 37.0 Å². The zero-order chi connectivity index (χ0) is 32.9. The molecule has 1 saturated heterocycles. The van der Waals surface area contributed by atoms with Gasteiger partial charge in [0.05, 0.1) is 16.0 Å². The Morgan fingerprint density at radius 2 is 1.86 bits per heavy atom. The molecule has 1 aliphatic heterocycles. The van der Waals surface area contributed by atoms with Gasteiger partial charge in [-0.25, -0.2) is 13.8 Å². The summed E-state index contributed by atoms with van der Waals surface area (Å²) < 4.78 is 68.6. The fourth-order valence-electron chi connectivity index (χ4n) is 4.30. The number of hydrogen-bond donors (Lipinski definition) is 3. The molecule has 0 saturated carbocycles. The van der Waals surface area contributed by atoms with Crippen molar-refractivity contribution in [3.05, 3.63) is 99.3 Å². The summed E-state index contributed by atoms with van der Waals surface area (Å²) in [6.07, 6.45) is -6.42. The molecule has 0 amide bonds. The van der Waals surface area contributed by atoms with E-state index in [-0.39, 0.29) is 24.7 Å². The van der Waals surface area contributed by atoms with Gasteiger partial charge in [-0.3, -0.25) is 23.7 Å². The highest BCUT2D eigenvalue weighted by atomic mass is 31.2. The molecule has 1 fully saturated rings. The number of nitrogens with zero attached hydrogens (tertiary/aromatic N) is 1. The van der Waals surface area contributed by atoms with Gasteiger partial charge in [0, 0.05) is 12.2 Å². The second-order valence-corrected chi connectivity index (χ2v) is 12.3. The third kappa shape index (κ3) is 8.27. The minimum Gasteiger partial charge on any atom is -0.464 e. The minimum atomic E-state index is -4.53. The van der Waals surface area contributed by atoms with Crippen molar-refractivity contribution in [1.29, 1.82) is 0 Å². The number of hydrogen-bond acceptors (Lipinski definition) is 9. The molecule has 0 spiro atoms. The lowest BCUT2D eigenvalue weighted by Gasteiger charge is -2.26. The van der Waals surface area contributed by atoms with Crippen molar-refractivity contribution in [2.24, 2.45) is 5.92 Å². The Morgan fingerprint density at radius 3 is 2.51 bits per heavy atom. The maximum absolute atomic E-state index is 15.9. The predicted molar refractivity (Wildman–Crippen MR) is 154 cm³/mol. The van der Waals surface area contributed by atoms with E-state index in [0.717, 1.165) is 6.92 Å². The maximum atomic E-state index is 15.9. The van der Waals surface area contributed by atoms with Crippen molar-refractivity contribution in [2.45, 2.75) is 57.3 Å². The first-order chi connectivity index (χ1) is 21.2. The van der Waals surface area contributed by atoms with E-state index in [0.29, 0.717) is 10.1 Å². The maximum Gasteiger partial charge on any atom is 0.459 e. The number of aromatic amines is 1. The van der Waals surface area contributed by atoms with Crippen LogP contribution in [0, 0.1) is 5.92 Å². The number of aliphatic hydroxyl groups excluding tert-OH is 1. The van der Waals surface area contributed by atoms with Gasteiger partial charge >= 0.3 is 19.4 Å². The molecule has 1 aromatic heterocycles. The molecule has 2 unspecified atom stereocenters. The first-order valence-electron chi connectivity index (χ1n) is 14.5. The van der Waals surface area contributed by atoms with Gasteiger partial charge in [-0.2, -0.15) is 5.09 Å². The summed E-state index contributed by atoms with van der Waals surface area (Å²) in [5.74, 6) is -0.609. The molecule has 14 heteroatoms. The van der Waals surface area contributed by atoms with E-state index >= 15 is 4.39 Å². The van der Waals surface area contributed by atoms with Crippen molar-refractivity contribution in [2.75, 3.05) is 13.2 Å². The standard InChI is InChI=1S/C29H35FN3O9P/c1-19(2)17-39-26(36)22(16-20-10-6-4-7-11-20)32-43(38,42-21-12-8-5-9-13-21)40-18-23-25(35)29(3,30)27(41-23)33-15-14-24(34)31-28(33)37/h4-15,19,22-23,25,27,35H,16-18H2,1-3H3,(H,32,38)(H,31,34,37)/t22?,23-,25-,27-,29-,43?/m1/s1/i14D,15D. The molecule has 0 radical (unpaired) electrons. The summed E-state index contributed by atoms with van der Waals surface area (Å²) in [6.45, 7) is 3.94. The van der Waals surface area contributed by atoms with E-state index in [1.165, 1.54) is 12.1 Å². The third-order valence-corrected chi connectivity index (χ3v) is 8.07. The second-order valence-electron chi connectivity index (χ2n) is 10.6. The summed E-state index contributed by atoms with van der Waals surface area (Å²) in [4.78, 5) is 39.2. The average molecular weight is 622 g/mol. The smallest absolute Gasteiger partial charge is 0.459 e. The van der Waals surface area contributed by atoms with Crippen molar-refractivity contribution < 1.29 is 40.1 Å². The van der Waals surface area contributed by atoms with E-state index in [4.69, 9.17) is 21.3 Å². The molecule has 43 heavy (non-hydrogen) atoms. The summed E-state index contributed by atoms with van der Waals surface area (Å²) in [5, 5.41) is 13.5. The van der Waals surface area contributed by atoms with Crippen LogP contribution in [0.15, 0.2) is 82.5 Å². The highest BCUT2D eigenvalue weighted by Crippen LogP contribution is 2.47. The monoisotopic (exact) mass is 621 g/mol. The molecule has 3 N–H and O–H groups in total. The molecule has 1 aliphatic rings. The van der Waals surface area contributed by atoms with Gasteiger partial charge in [0.15, 0.2) is 11.9 Å². The molecule has 232 valence electrons. The number of ether oxygens (including phenoxy) is 2. The van der Waals surface area contributed by atoms with Gasteiger partial charge in [-0.15, -0.1) is 0 Å². The second kappa shape index (κ2) is 13.8. The topological polar surface area (TPSA) is 158 Å². The zero-order valence-electron chi connectivity index (χ0n) is 25.8. The SMILES string of the molecule is [2H]c1c([2H])n([C@@H]2O[C@H](COP(=O)(NC(Cc3ccccc3)C(=O)OCC(C)C)Oc3ccccc3)[C@@H](O)[C@@]2(C)F)c(=O)[nH]c1=O. The lowest BCUT2D eigenvalue weighted by molar-refractivity contribution is -0.146. The molecule has 6 atom stereocenters. The lowest BCUT2D eigenvalue weighted by atomic mass is 9.98. The Morgan fingerprint density at radius 1 is 1.21 bits per heavy atom. The summed E-state index contributed by atoms with van der Waals surface area (Å²) >= 11 is 0. The minimum absolute atomic E-state index is 0.0178. The summed E-state index contributed by atoms with van der Waals surface area (Å²) in [5.41, 5.74) is -4.40. The number of carbonyl (C=O) groups is 1. The quantitative estimate of drug-likeness (QED) is 0.191. The molecule has 2 heterocycles. The number of aromatic nitrogens is 2. The van der Waals surface area contributed by atoms with E-state index < -0.39 is 73.9 Å². The van der Waals surface area contributed by atoms with Gasteiger partial charge in [0.2, 0.25) is 0 Å². The third-order valence-electron chi connectivity index (χ3n) is 6.50. The number of para-hydroxylation sites is 1. The van der Waals surface area contributed by atoms with Crippen molar-refractivity contribution in [3.63, 3.8) is 0 Å². The van der Waals surface area contributed by atoms with Crippen LogP contribution in [-0.2, 0) is 29.8 Å². The van der Waals surface area contributed by atoms with E-state index in [2.05, 4.69) is 5.09 Å². The molecule has 2 aromatic carbocycles. The van der Waals surface area contributed by atoms with Crippen LogP contribution in [0.5, 0.6) is 5.75 Å². The first-order valence-corrected chi connectivity index (χ1v) is 15.1. The zero-order valence-corrected chi connectivity index (χ0v) is 24.7. The molecule has 3 aromatic rings. The normalized spacial score (nSPS) is 24.6. The fraction of sp³-hybridized carbons (Fsp3) is 0.414. The number of nitrogens with one attached hydrogen (secondary N) is 2. The van der Waals surface area contributed by atoms with Gasteiger partial charge in [-0.1, -0.05) is 62.4 Å². The molecular weight excluding hydrogens is 584 g/mol. The summed E-state index contributed by atoms with van der Waals surface area (Å²) in [7, 11) is -4.53. The average Bonchev–Trinajstić information content (AvgIpc) is 3.22. The molecule has 0 bridgehead atoms. The molecule has 0 aliphatic carbocycles. The predicted octanol–water partition coefficient (Wildman–Crippen LogP) is 3.13. The van der Waals surface area contributed by atoms with Crippen LogP contribution < -0.4 is 20.9 Å². The number of halogens is 1. The fourth-order valence-corrected chi connectivity index (χ4v) is 5.80. The number of H-pyrrole nitrogens is 1. The lowest BCUT2D eigenvalue weighted by Crippen LogP contribution is -2.44. The van der Waals surface area contributed by atoms with Crippen LogP contribution in [0.4, 0.5) is 4.39 Å². The molecular formula is C29H35FN3O9P. The molecule has 12 nitrogen and oxygen atoms in total. The van der Waals surface area contributed by atoms with Crippen LogP contribution in [0.3, 0.4) is 0 Å². The van der Waals surface area contributed by atoms with Gasteiger partial charge in [0.25, 0.3) is 5.56 Å². The number of carbonyl (C=O) groups excluding carboxylic acids is 1. The Balaban J connectivity index is 1.62. The highest BCUT2D eigenvalue weighted by molar-refractivity contribution is 7.52. The van der Waals surface area contributed by atoms with Gasteiger partial charge in [0.1, 0.15) is 24.0 Å². The van der Waals surface area contributed by atoms with Crippen LogP contribution in [0.1, 0.15) is 35.3 Å². The van der Waals surface area contributed by atoms with Crippen LogP contribution in [0.25, 0.3) is 0 Å². The Kier molecular flexibility index (Phi) is 9.45. The van der Waals surface area contributed by atoms with E-state index in [1.54, 1.807) is 48.5 Å². The largest absolute Gasteiger partial charge is 0.464 e. The van der Waals surface area contributed by atoms with Crippen molar-refractivity contribution in [3.8, 4) is 5.75 Å².